The van der Waals surface area contributed by atoms with Crippen LogP contribution in [0, 0.1) is 11.3 Å². The number of thioether (sulfide) groups is 1. The van der Waals surface area contributed by atoms with Crippen molar-refractivity contribution in [1.29, 1.82) is 5.26 Å². The summed E-state index contributed by atoms with van der Waals surface area (Å²) in [7, 11) is 1.47. The van der Waals surface area contributed by atoms with E-state index in [1.165, 1.54) is 25.8 Å². The normalized spacial score (nSPS) is 9.92. The number of ketones is 1. The Hall–Kier alpha value is -2.98. The first-order valence-electron chi connectivity index (χ1n) is 7.68. The number of ether oxygens (including phenoxy) is 2. The number of hydrogen-bond acceptors (Lipinski definition) is 6. The van der Waals surface area contributed by atoms with Crippen LogP contribution in [0.5, 0.6) is 11.5 Å². The first-order chi connectivity index (χ1) is 12.5. The molecule has 0 bridgehead atoms. The third kappa shape index (κ3) is 4.77. The minimum absolute atomic E-state index is 0.171. The number of rotatable bonds is 7. The molecule has 2 rings (SSSR count). The summed E-state index contributed by atoms with van der Waals surface area (Å²) in [6.07, 6.45) is 1.87. The molecule has 0 aromatic heterocycles. The number of methoxy groups -OCH3 is 1. The third-order valence-electron chi connectivity index (χ3n) is 3.49. The average Bonchev–Trinajstić information content (AvgIpc) is 2.65. The van der Waals surface area contributed by atoms with Gasteiger partial charge >= 0.3 is 0 Å². The van der Waals surface area contributed by atoms with Crippen molar-refractivity contribution in [3.63, 3.8) is 0 Å². The van der Waals surface area contributed by atoms with Crippen LogP contribution in [0.15, 0.2) is 41.3 Å². The van der Waals surface area contributed by atoms with Crippen molar-refractivity contribution in [3.8, 4) is 17.6 Å². The van der Waals surface area contributed by atoms with Crippen molar-refractivity contribution >= 4 is 29.1 Å². The Labute approximate surface area is 156 Å². The molecule has 0 atom stereocenters. The van der Waals surface area contributed by atoms with E-state index in [2.05, 4.69) is 5.32 Å². The number of nitrogens with one attached hydrogen (secondary N) is 1. The number of carbonyl (C=O) groups is 2. The lowest BCUT2D eigenvalue weighted by Crippen LogP contribution is -2.13. The van der Waals surface area contributed by atoms with E-state index >= 15 is 0 Å². The van der Waals surface area contributed by atoms with Gasteiger partial charge in [-0.2, -0.15) is 5.26 Å². The molecule has 134 valence electrons. The van der Waals surface area contributed by atoms with Crippen LogP contribution in [-0.4, -0.2) is 31.7 Å². The quantitative estimate of drug-likeness (QED) is 0.593. The van der Waals surface area contributed by atoms with Gasteiger partial charge in [-0.25, -0.2) is 0 Å². The fraction of sp³-hybridized carbons (Fsp3) is 0.211. The Morgan fingerprint density at radius 3 is 2.58 bits per heavy atom. The van der Waals surface area contributed by atoms with Gasteiger partial charge in [0, 0.05) is 23.4 Å². The average molecular weight is 370 g/mol. The van der Waals surface area contributed by atoms with Crippen LogP contribution in [-0.2, 0) is 4.79 Å². The topological polar surface area (TPSA) is 88.4 Å². The van der Waals surface area contributed by atoms with Gasteiger partial charge in [0.05, 0.1) is 24.4 Å². The van der Waals surface area contributed by atoms with Crippen molar-refractivity contribution in [3.05, 3.63) is 47.5 Å². The van der Waals surface area contributed by atoms with E-state index in [1.807, 2.05) is 12.3 Å². The van der Waals surface area contributed by atoms with Crippen LogP contribution in [0.1, 0.15) is 22.8 Å². The lowest BCUT2D eigenvalue weighted by atomic mass is 10.1. The summed E-state index contributed by atoms with van der Waals surface area (Å²) in [5.74, 6) is 0.402. The zero-order valence-corrected chi connectivity index (χ0v) is 15.5. The zero-order valence-electron chi connectivity index (χ0n) is 14.7. The Balaban J connectivity index is 2.13. The molecule has 0 fully saturated rings. The lowest BCUT2D eigenvalue weighted by Gasteiger charge is -2.12. The molecule has 0 aliphatic carbocycles. The minimum atomic E-state index is -0.207. The summed E-state index contributed by atoms with van der Waals surface area (Å²) < 4.78 is 10.7. The largest absolute Gasteiger partial charge is 0.493 e. The smallest absolute Gasteiger partial charge is 0.221 e. The molecule has 1 N–H and O–H groups in total. The van der Waals surface area contributed by atoms with E-state index in [-0.39, 0.29) is 18.3 Å². The molecule has 26 heavy (non-hydrogen) atoms. The van der Waals surface area contributed by atoms with E-state index < -0.39 is 0 Å². The first-order valence-corrected chi connectivity index (χ1v) is 8.90. The van der Waals surface area contributed by atoms with E-state index in [0.717, 1.165) is 4.90 Å². The van der Waals surface area contributed by atoms with Crippen LogP contribution in [0.2, 0.25) is 0 Å². The van der Waals surface area contributed by atoms with Gasteiger partial charge in [-0.1, -0.05) is 0 Å². The maximum Gasteiger partial charge on any atom is 0.221 e. The van der Waals surface area contributed by atoms with E-state index in [1.54, 1.807) is 36.4 Å². The standard InChI is InChI=1S/C19H18N2O4S/c1-12(22)21-15-6-5-14(9-19(15)26-3)16(23)11-25-17-7-4-13(10-20)8-18(17)24-2/h4-9H,11H2,1-3H3,(H,21,22). The molecule has 0 saturated heterocycles. The highest BCUT2D eigenvalue weighted by Gasteiger charge is 2.13. The van der Waals surface area contributed by atoms with Gasteiger partial charge in [0.25, 0.3) is 0 Å². The van der Waals surface area contributed by atoms with Gasteiger partial charge in [0.2, 0.25) is 5.91 Å². The molecule has 1 amide bonds. The van der Waals surface area contributed by atoms with Gasteiger partial charge in [-0.15, -0.1) is 11.8 Å². The number of benzene rings is 2. The molecule has 0 spiro atoms. The summed E-state index contributed by atoms with van der Waals surface area (Å²) in [5.41, 5.74) is 1.59. The second-order valence-electron chi connectivity index (χ2n) is 5.29. The minimum Gasteiger partial charge on any atom is -0.493 e. The highest BCUT2D eigenvalue weighted by atomic mass is 32.2. The third-order valence-corrected chi connectivity index (χ3v) is 4.26. The van der Waals surface area contributed by atoms with E-state index in [0.29, 0.717) is 28.3 Å². The fourth-order valence-electron chi connectivity index (χ4n) is 2.24. The predicted molar refractivity (Wildman–Crippen MR) is 100 cm³/mol. The molecule has 0 saturated carbocycles. The number of Topliss-reactive ketones (excluding diaryl/α,β-unsaturated/α-hetero) is 1. The van der Waals surface area contributed by atoms with Crippen molar-refractivity contribution in [1.82, 2.24) is 0 Å². The van der Waals surface area contributed by atoms with Crippen molar-refractivity contribution in [2.75, 3.05) is 25.3 Å². The molecule has 0 unspecified atom stereocenters. The molecule has 6 nitrogen and oxygen atoms in total. The monoisotopic (exact) mass is 370 g/mol. The molecule has 0 aliphatic rings. The van der Waals surface area contributed by atoms with Gasteiger partial charge in [-0.3, -0.25) is 9.59 Å². The number of carbonyl (C=O) groups excluding carboxylic acids is 2. The molecule has 0 radical (unpaired) electrons. The van der Waals surface area contributed by atoms with Gasteiger partial charge < -0.3 is 14.8 Å². The second-order valence-corrected chi connectivity index (χ2v) is 6.13. The fourth-order valence-corrected chi connectivity index (χ4v) is 2.82. The second kappa shape index (κ2) is 8.92. The lowest BCUT2D eigenvalue weighted by molar-refractivity contribution is -0.114. The molecule has 7 heteroatoms. The summed E-state index contributed by atoms with van der Waals surface area (Å²) in [6.45, 7) is 1.26. The van der Waals surface area contributed by atoms with Crippen LogP contribution in [0.4, 0.5) is 5.69 Å². The summed E-state index contributed by atoms with van der Waals surface area (Å²) in [4.78, 5) is 24.4. The molecule has 2 aromatic rings. The highest BCUT2D eigenvalue weighted by Crippen LogP contribution is 2.29. The van der Waals surface area contributed by atoms with Crippen LogP contribution >= 0.6 is 11.8 Å². The Bertz CT molecular complexity index is 874. The number of amides is 1. The van der Waals surface area contributed by atoms with E-state index in [4.69, 9.17) is 14.7 Å². The molecule has 0 heterocycles. The van der Waals surface area contributed by atoms with Gasteiger partial charge in [0.15, 0.2) is 23.9 Å². The van der Waals surface area contributed by atoms with Crippen LogP contribution < -0.4 is 14.8 Å². The molecular formula is C19H18N2O4S. The van der Waals surface area contributed by atoms with Gasteiger partial charge in [0.1, 0.15) is 0 Å². The molecular weight excluding hydrogens is 352 g/mol. The maximum atomic E-state index is 12.4. The van der Waals surface area contributed by atoms with Crippen LogP contribution in [0.3, 0.4) is 0 Å². The van der Waals surface area contributed by atoms with Crippen LogP contribution in [0.25, 0.3) is 0 Å². The van der Waals surface area contributed by atoms with Gasteiger partial charge in [-0.05, 0) is 36.6 Å². The maximum absolute atomic E-state index is 12.4. The number of anilines is 1. The summed E-state index contributed by atoms with van der Waals surface area (Å²) in [5, 5.41) is 11.6. The summed E-state index contributed by atoms with van der Waals surface area (Å²) >= 11 is 1.44. The Morgan fingerprint density at radius 2 is 1.96 bits per heavy atom. The van der Waals surface area contributed by atoms with Crippen molar-refractivity contribution in [2.45, 2.75) is 11.8 Å². The number of hydrogen-bond donors (Lipinski definition) is 1. The van der Waals surface area contributed by atoms with Crippen molar-refractivity contribution in [2.24, 2.45) is 0 Å². The number of nitrogens with zero attached hydrogens (tertiary/aromatic N) is 1. The number of nitriles is 1. The zero-order chi connectivity index (χ0) is 19.1. The summed E-state index contributed by atoms with van der Waals surface area (Å²) in [6, 6.07) is 11.8. The predicted octanol–water partition coefficient (Wildman–Crippen LogP) is 3.51. The Morgan fingerprint density at radius 1 is 1.19 bits per heavy atom. The molecule has 0 aliphatic heterocycles. The van der Waals surface area contributed by atoms with Crippen molar-refractivity contribution < 1.29 is 19.1 Å². The van der Waals surface area contributed by atoms with E-state index in [9.17, 15) is 9.59 Å². The Kier molecular flexibility index (Phi) is 6.64. The highest BCUT2D eigenvalue weighted by molar-refractivity contribution is 7.98. The molecule has 2 aromatic carbocycles. The first kappa shape index (κ1) is 19.3. The SMILES string of the molecule is COc1cc(C#N)ccc1OCC(=O)c1ccc(NC(C)=O)c(SC)c1.